The predicted molar refractivity (Wildman–Crippen MR) is 80.2 cm³/mol. The fourth-order valence-corrected chi connectivity index (χ4v) is 2.60. The van der Waals surface area contributed by atoms with E-state index in [4.69, 9.17) is 5.73 Å². The highest BCUT2D eigenvalue weighted by molar-refractivity contribution is 5.85. The van der Waals surface area contributed by atoms with Gasteiger partial charge in [0, 0.05) is 32.1 Å². The second-order valence-electron chi connectivity index (χ2n) is 6.71. The van der Waals surface area contributed by atoms with Gasteiger partial charge in [0.05, 0.1) is 6.54 Å². The first-order valence-corrected chi connectivity index (χ1v) is 7.49. The quantitative estimate of drug-likeness (QED) is 0.828. The summed E-state index contributed by atoms with van der Waals surface area (Å²) in [5, 5.41) is 0. The van der Waals surface area contributed by atoms with E-state index in [-0.39, 0.29) is 24.8 Å². The monoisotopic (exact) mass is 283 g/mol. The Kier molecular flexibility index (Phi) is 5.99. The van der Waals surface area contributed by atoms with Gasteiger partial charge in [0.1, 0.15) is 0 Å². The van der Waals surface area contributed by atoms with E-state index in [1.54, 1.807) is 7.05 Å². The van der Waals surface area contributed by atoms with Crippen LogP contribution in [-0.2, 0) is 9.59 Å². The van der Waals surface area contributed by atoms with Gasteiger partial charge in [0.15, 0.2) is 0 Å². The van der Waals surface area contributed by atoms with E-state index >= 15 is 0 Å². The summed E-state index contributed by atoms with van der Waals surface area (Å²) in [6.45, 7) is 3.77. The third-order valence-corrected chi connectivity index (χ3v) is 3.92. The van der Waals surface area contributed by atoms with Gasteiger partial charge in [-0.15, -0.1) is 0 Å². The SMILES string of the molecule is CN(CC(=O)N(C)C1CCCCC1)C(=O)CC(C)(C)N. The molecule has 1 aliphatic carbocycles. The molecule has 2 N–H and O–H groups in total. The van der Waals surface area contributed by atoms with Gasteiger partial charge in [-0.1, -0.05) is 19.3 Å². The Hall–Kier alpha value is -1.10. The number of rotatable bonds is 5. The average molecular weight is 283 g/mol. The summed E-state index contributed by atoms with van der Waals surface area (Å²) >= 11 is 0. The molecule has 1 saturated carbocycles. The maximum Gasteiger partial charge on any atom is 0.242 e. The highest BCUT2D eigenvalue weighted by Gasteiger charge is 2.25. The van der Waals surface area contributed by atoms with Crippen LogP contribution in [0.3, 0.4) is 0 Å². The molecular formula is C15H29N3O2. The maximum atomic E-state index is 12.2. The van der Waals surface area contributed by atoms with E-state index in [9.17, 15) is 9.59 Å². The zero-order chi connectivity index (χ0) is 15.3. The number of amides is 2. The van der Waals surface area contributed by atoms with Crippen LogP contribution in [-0.4, -0.2) is 53.8 Å². The molecule has 0 aromatic carbocycles. The van der Waals surface area contributed by atoms with Gasteiger partial charge in [0.2, 0.25) is 11.8 Å². The third kappa shape index (κ3) is 5.49. The fraction of sp³-hybridized carbons (Fsp3) is 0.867. The molecule has 1 fully saturated rings. The molecule has 0 spiro atoms. The van der Waals surface area contributed by atoms with Crippen molar-refractivity contribution < 1.29 is 9.59 Å². The van der Waals surface area contributed by atoms with E-state index in [2.05, 4.69) is 0 Å². The molecule has 2 amide bonds. The van der Waals surface area contributed by atoms with Crippen LogP contribution in [0.15, 0.2) is 0 Å². The van der Waals surface area contributed by atoms with Gasteiger partial charge in [-0.25, -0.2) is 0 Å². The molecule has 0 atom stereocenters. The predicted octanol–water partition coefficient (Wildman–Crippen LogP) is 1.36. The summed E-state index contributed by atoms with van der Waals surface area (Å²) in [6.07, 6.45) is 6.06. The first-order chi connectivity index (χ1) is 9.20. The van der Waals surface area contributed by atoms with E-state index in [0.717, 1.165) is 12.8 Å². The molecule has 1 rings (SSSR count). The molecule has 0 saturated heterocycles. The Morgan fingerprint density at radius 1 is 1.10 bits per heavy atom. The number of likely N-dealkylation sites (N-methyl/N-ethyl adjacent to an activating group) is 2. The highest BCUT2D eigenvalue weighted by Crippen LogP contribution is 2.21. The van der Waals surface area contributed by atoms with Gasteiger partial charge >= 0.3 is 0 Å². The lowest BCUT2D eigenvalue weighted by atomic mass is 9.94. The molecule has 20 heavy (non-hydrogen) atoms. The topological polar surface area (TPSA) is 66.6 Å². The lowest BCUT2D eigenvalue weighted by Gasteiger charge is -2.32. The molecule has 0 radical (unpaired) electrons. The molecule has 0 bridgehead atoms. The zero-order valence-corrected chi connectivity index (χ0v) is 13.3. The lowest BCUT2D eigenvalue weighted by Crippen LogP contribution is -2.46. The lowest BCUT2D eigenvalue weighted by molar-refractivity contribution is -0.140. The Labute approximate surface area is 122 Å². The van der Waals surface area contributed by atoms with Crippen LogP contribution in [0.5, 0.6) is 0 Å². The highest BCUT2D eigenvalue weighted by atomic mass is 16.2. The standard InChI is InChI=1S/C15H29N3O2/c1-15(2,16)10-13(19)17(3)11-14(20)18(4)12-8-6-5-7-9-12/h12H,5-11,16H2,1-4H3. The van der Waals surface area contributed by atoms with Crippen molar-refractivity contribution in [1.29, 1.82) is 0 Å². The van der Waals surface area contributed by atoms with Crippen LogP contribution in [0.4, 0.5) is 0 Å². The number of hydrogen-bond donors (Lipinski definition) is 1. The van der Waals surface area contributed by atoms with Crippen molar-refractivity contribution in [3.05, 3.63) is 0 Å². The summed E-state index contributed by atoms with van der Waals surface area (Å²) in [7, 11) is 3.52. The van der Waals surface area contributed by atoms with Crippen molar-refractivity contribution in [3.63, 3.8) is 0 Å². The van der Waals surface area contributed by atoms with Crippen molar-refractivity contribution >= 4 is 11.8 Å². The summed E-state index contributed by atoms with van der Waals surface area (Å²) in [6, 6.07) is 0.339. The molecule has 116 valence electrons. The fourth-order valence-electron chi connectivity index (χ4n) is 2.60. The van der Waals surface area contributed by atoms with Crippen molar-refractivity contribution in [2.24, 2.45) is 5.73 Å². The van der Waals surface area contributed by atoms with E-state index in [1.807, 2.05) is 25.8 Å². The smallest absolute Gasteiger partial charge is 0.242 e. The Morgan fingerprint density at radius 3 is 2.15 bits per heavy atom. The zero-order valence-electron chi connectivity index (χ0n) is 13.3. The molecule has 0 heterocycles. The summed E-state index contributed by atoms with van der Waals surface area (Å²) in [4.78, 5) is 27.5. The Morgan fingerprint density at radius 2 is 1.65 bits per heavy atom. The Balaban J connectivity index is 2.45. The van der Waals surface area contributed by atoms with Crippen molar-refractivity contribution in [3.8, 4) is 0 Å². The van der Waals surface area contributed by atoms with E-state index < -0.39 is 5.54 Å². The summed E-state index contributed by atoms with van der Waals surface area (Å²) in [5.74, 6) is -0.0644. The van der Waals surface area contributed by atoms with Crippen LogP contribution in [0, 0.1) is 0 Å². The molecule has 0 aromatic heterocycles. The number of nitrogens with two attached hydrogens (primary N) is 1. The Bertz CT molecular complexity index is 344. The van der Waals surface area contributed by atoms with Crippen LogP contribution < -0.4 is 5.73 Å². The molecule has 5 nitrogen and oxygen atoms in total. The van der Waals surface area contributed by atoms with Gasteiger partial charge < -0.3 is 15.5 Å². The normalized spacial score (nSPS) is 16.9. The second-order valence-corrected chi connectivity index (χ2v) is 6.71. The van der Waals surface area contributed by atoms with Crippen molar-refractivity contribution in [2.45, 2.75) is 64.0 Å². The summed E-state index contributed by atoms with van der Waals surface area (Å²) < 4.78 is 0. The number of hydrogen-bond acceptors (Lipinski definition) is 3. The minimum Gasteiger partial charge on any atom is -0.341 e. The van der Waals surface area contributed by atoms with Crippen molar-refractivity contribution in [1.82, 2.24) is 9.80 Å². The average Bonchev–Trinajstić information content (AvgIpc) is 2.36. The molecule has 0 aromatic rings. The molecule has 5 heteroatoms. The van der Waals surface area contributed by atoms with Crippen LogP contribution >= 0.6 is 0 Å². The molecule has 0 unspecified atom stereocenters. The van der Waals surface area contributed by atoms with Crippen LogP contribution in [0.2, 0.25) is 0 Å². The van der Waals surface area contributed by atoms with Crippen LogP contribution in [0.1, 0.15) is 52.4 Å². The molecule has 0 aliphatic heterocycles. The van der Waals surface area contributed by atoms with E-state index in [0.29, 0.717) is 6.04 Å². The third-order valence-electron chi connectivity index (χ3n) is 3.92. The largest absolute Gasteiger partial charge is 0.341 e. The van der Waals surface area contributed by atoms with Gasteiger partial charge in [-0.3, -0.25) is 9.59 Å². The number of nitrogens with zero attached hydrogens (tertiary/aromatic N) is 2. The van der Waals surface area contributed by atoms with E-state index in [1.165, 1.54) is 24.2 Å². The van der Waals surface area contributed by atoms with Crippen molar-refractivity contribution in [2.75, 3.05) is 20.6 Å². The first kappa shape index (κ1) is 17.0. The first-order valence-electron chi connectivity index (χ1n) is 7.49. The second kappa shape index (κ2) is 7.07. The maximum absolute atomic E-state index is 12.2. The number of carbonyl (C=O) groups is 2. The minimum absolute atomic E-state index is 0.0163. The summed E-state index contributed by atoms with van der Waals surface area (Å²) in [5.41, 5.74) is 5.30. The molecular weight excluding hydrogens is 254 g/mol. The van der Waals surface area contributed by atoms with Gasteiger partial charge in [0.25, 0.3) is 0 Å². The minimum atomic E-state index is -0.538. The number of carbonyl (C=O) groups excluding carboxylic acids is 2. The van der Waals surface area contributed by atoms with Gasteiger partial charge in [-0.2, -0.15) is 0 Å². The molecule has 1 aliphatic rings. The van der Waals surface area contributed by atoms with Gasteiger partial charge in [-0.05, 0) is 26.7 Å². The van der Waals surface area contributed by atoms with Crippen LogP contribution in [0.25, 0.3) is 0 Å².